The lowest BCUT2D eigenvalue weighted by Crippen LogP contribution is -2.42. The summed E-state index contributed by atoms with van der Waals surface area (Å²) in [6, 6.07) is 12.3. The molecule has 0 aliphatic rings. The van der Waals surface area contributed by atoms with Gasteiger partial charge in [-0.3, -0.25) is 5.32 Å². The van der Waals surface area contributed by atoms with E-state index in [1.807, 2.05) is 30.3 Å². The van der Waals surface area contributed by atoms with Crippen LogP contribution < -0.4 is 5.32 Å². The maximum atomic E-state index is 9.52. The third-order valence-electron chi connectivity index (χ3n) is 2.82. The Labute approximate surface area is 103 Å². The van der Waals surface area contributed by atoms with Gasteiger partial charge in [-0.2, -0.15) is 5.26 Å². The van der Waals surface area contributed by atoms with Gasteiger partial charge in [-0.15, -0.1) is 0 Å². The van der Waals surface area contributed by atoms with Crippen molar-refractivity contribution in [3.8, 4) is 6.07 Å². The average Bonchev–Trinajstić information content (AvgIpc) is 2.41. The number of hydrogen-bond donors (Lipinski definition) is 1. The van der Waals surface area contributed by atoms with Crippen molar-refractivity contribution >= 4 is 0 Å². The van der Waals surface area contributed by atoms with Crippen molar-refractivity contribution < 1.29 is 4.74 Å². The van der Waals surface area contributed by atoms with E-state index in [1.165, 1.54) is 0 Å². The SMILES string of the molecule is CCCNC(C#N)(CCOC)c1ccccc1. The summed E-state index contributed by atoms with van der Waals surface area (Å²) in [5, 5.41) is 12.9. The molecular weight excluding hydrogens is 212 g/mol. The van der Waals surface area contributed by atoms with Crippen molar-refractivity contribution in [1.29, 1.82) is 5.26 Å². The van der Waals surface area contributed by atoms with Gasteiger partial charge in [0.25, 0.3) is 0 Å². The number of nitrogens with one attached hydrogen (secondary N) is 1. The van der Waals surface area contributed by atoms with Crippen molar-refractivity contribution in [2.24, 2.45) is 0 Å². The Balaban J connectivity index is 2.94. The molecule has 0 heterocycles. The van der Waals surface area contributed by atoms with E-state index in [9.17, 15) is 5.26 Å². The van der Waals surface area contributed by atoms with Gasteiger partial charge >= 0.3 is 0 Å². The molecule has 1 unspecified atom stereocenters. The fourth-order valence-corrected chi connectivity index (χ4v) is 1.81. The molecule has 92 valence electrons. The molecule has 0 radical (unpaired) electrons. The van der Waals surface area contributed by atoms with Gasteiger partial charge < -0.3 is 4.74 Å². The van der Waals surface area contributed by atoms with Crippen molar-refractivity contribution in [2.75, 3.05) is 20.3 Å². The summed E-state index contributed by atoms with van der Waals surface area (Å²) in [6.45, 7) is 3.49. The second-order valence-electron chi connectivity index (χ2n) is 4.05. The molecule has 0 aliphatic carbocycles. The fourth-order valence-electron chi connectivity index (χ4n) is 1.81. The van der Waals surface area contributed by atoms with E-state index in [-0.39, 0.29) is 0 Å². The number of hydrogen-bond acceptors (Lipinski definition) is 3. The lowest BCUT2D eigenvalue weighted by Gasteiger charge is -2.28. The number of ether oxygens (including phenoxy) is 1. The molecule has 0 aliphatic heterocycles. The molecule has 0 saturated heterocycles. The van der Waals surface area contributed by atoms with E-state index in [1.54, 1.807) is 7.11 Å². The molecule has 1 aromatic rings. The van der Waals surface area contributed by atoms with Crippen LogP contribution in [0.15, 0.2) is 30.3 Å². The van der Waals surface area contributed by atoms with E-state index in [0.717, 1.165) is 18.5 Å². The summed E-state index contributed by atoms with van der Waals surface area (Å²) in [5.41, 5.74) is 0.376. The summed E-state index contributed by atoms with van der Waals surface area (Å²) in [7, 11) is 1.66. The van der Waals surface area contributed by atoms with Crippen LogP contribution >= 0.6 is 0 Å². The Morgan fingerprint density at radius 3 is 2.59 bits per heavy atom. The zero-order valence-electron chi connectivity index (χ0n) is 10.6. The summed E-state index contributed by atoms with van der Waals surface area (Å²) < 4.78 is 5.11. The molecule has 1 aromatic carbocycles. The molecule has 0 amide bonds. The maximum Gasteiger partial charge on any atom is 0.134 e. The first-order chi connectivity index (χ1) is 8.29. The Morgan fingerprint density at radius 2 is 2.06 bits per heavy atom. The highest BCUT2D eigenvalue weighted by Crippen LogP contribution is 2.24. The van der Waals surface area contributed by atoms with Crippen LogP contribution in [0.2, 0.25) is 0 Å². The third kappa shape index (κ3) is 3.55. The minimum absolute atomic E-state index is 0.569. The molecule has 1 N–H and O–H groups in total. The maximum absolute atomic E-state index is 9.52. The molecule has 0 spiro atoms. The second-order valence-corrected chi connectivity index (χ2v) is 4.05. The van der Waals surface area contributed by atoms with Crippen LogP contribution in [-0.2, 0) is 10.3 Å². The highest BCUT2D eigenvalue weighted by Gasteiger charge is 2.30. The summed E-state index contributed by atoms with van der Waals surface area (Å²) in [6.07, 6.45) is 1.66. The summed E-state index contributed by atoms with van der Waals surface area (Å²) in [5.74, 6) is 0. The number of nitriles is 1. The number of rotatable bonds is 7. The van der Waals surface area contributed by atoms with Gasteiger partial charge in [0, 0.05) is 20.1 Å². The third-order valence-corrected chi connectivity index (χ3v) is 2.82. The molecule has 0 bridgehead atoms. The van der Waals surface area contributed by atoms with Gasteiger partial charge in [0.15, 0.2) is 0 Å². The van der Waals surface area contributed by atoms with Crippen molar-refractivity contribution in [1.82, 2.24) is 5.32 Å². The van der Waals surface area contributed by atoms with Gasteiger partial charge in [-0.05, 0) is 18.5 Å². The first kappa shape index (κ1) is 13.7. The van der Waals surface area contributed by atoms with E-state index in [2.05, 4.69) is 18.3 Å². The molecular formula is C14H20N2O. The summed E-state index contributed by atoms with van der Waals surface area (Å²) >= 11 is 0. The average molecular weight is 232 g/mol. The first-order valence-corrected chi connectivity index (χ1v) is 6.00. The molecule has 0 saturated carbocycles. The van der Waals surface area contributed by atoms with Crippen LogP contribution in [0.3, 0.4) is 0 Å². The Kier molecular flexibility index (Phi) is 5.68. The molecule has 1 atom stereocenters. The predicted octanol–water partition coefficient (Wildman–Crippen LogP) is 2.44. The van der Waals surface area contributed by atoms with Gasteiger partial charge in [0.1, 0.15) is 5.54 Å². The molecule has 3 nitrogen and oxygen atoms in total. The minimum atomic E-state index is -0.632. The quantitative estimate of drug-likeness (QED) is 0.785. The van der Waals surface area contributed by atoms with E-state index in [0.29, 0.717) is 13.0 Å². The van der Waals surface area contributed by atoms with Gasteiger partial charge in [0.2, 0.25) is 0 Å². The van der Waals surface area contributed by atoms with E-state index >= 15 is 0 Å². The van der Waals surface area contributed by atoms with Crippen LogP contribution in [0.4, 0.5) is 0 Å². The van der Waals surface area contributed by atoms with Crippen LogP contribution in [0, 0.1) is 11.3 Å². The predicted molar refractivity (Wildman–Crippen MR) is 68.5 cm³/mol. The first-order valence-electron chi connectivity index (χ1n) is 6.00. The number of benzene rings is 1. The Bertz CT molecular complexity index is 348. The molecule has 17 heavy (non-hydrogen) atoms. The smallest absolute Gasteiger partial charge is 0.134 e. The van der Waals surface area contributed by atoms with Crippen LogP contribution in [0.5, 0.6) is 0 Å². The highest BCUT2D eigenvalue weighted by molar-refractivity contribution is 5.31. The summed E-state index contributed by atoms with van der Waals surface area (Å²) in [4.78, 5) is 0. The molecule has 1 rings (SSSR count). The standard InChI is InChI=1S/C14H20N2O/c1-3-10-16-14(12-15,9-11-17-2)13-7-5-4-6-8-13/h4-8,16H,3,9-11H2,1-2H3. The Hall–Kier alpha value is -1.37. The zero-order chi connectivity index (χ0) is 12.6. The van der Waals surface area contributed by atoms with E-state index < -0.39 is 5.54 Å². The highest BCUT2D eigenvalue weighted by atomic mass is 16.5. The zero-order valence-corrected chi connectivity index (χ0v) is 10.6. The van der Waals surface area contributed by atoms with Crippen LogP contribution in [-0.4, -0.2) is 20.3 Å². The number of methoxy groups -OCH3 is 1. The van der Waals surface area contributed by atoms with Gasteiger partial charge in [0.05, 0.1) is 6.07 Å². The van der Waals surface area contributed by atoms with Crippen LogP contribution in [0.25, 0.3) is 0 Å². The molecule has 0 fully saturated rings. The Morgan fingerprint density at radius 1 is 1.35 bits per heavy atom. The largest absolute Gasteiger partial charge is 0.385 e. The number of nitrogens with zero attached hydrogens (tertiary/aromatic N) is 1. The van der Waals surface area contributed by atoms with Crippen molar-refractivity contribution in [3.63, 3.8) is 0 Å². The monoisotopic (exact) mass is 232 g/mol. The lowest BCUT2D eigenvalue weighted by molar-refractivity contribution is 0.169. The van der Waals surface area contributed by atoms with Crippen molar-refractivity contribution in [3.05, 3.63) is 35.9 Å². The second kappa shape index (κ2) is 7.05. The fraction of sp³-hybridized carbons (Fsp3) is 0.500. The van der Waals surface area contributed by atoms with Crippen LogP contribution in [0.1, 0.15) is 25.3 Å². The van der Waals surface area contributed by atoms with Gasteiger partial charge in [-0.1, -0.05) is 37.3 Å². The van der Waals surface area contributed by atoms with Gasteiger partial charge in [-0.25, -0.2) is 0 Å². The van der Waals surface area contributed by atoms with Crippen molar-refractivity contribution in [2.45, 2.75) is 25.3 Å². The van der Waals surface area contributed by atoms with E-state index in [4.69, 9.17) is 4.74 Å². The molecule has 3 heteroatoms. The minimum Gasteiger partial charge on any atom is -0.385 e. The topological polar surface area (TPSA) is 45.0 Å². The molecule has 0 aromatic heterocycles. The lowest BCUT2D eigenvalue weighted by atomic mass is 9.88. The normalized spacial score (nSPS) is 13.9.